The topological polar surface area (TPSA) is 40.5 Å². The summed E-state index contributed by atoms with van der Waals surface area (Å²) >= 11 is 0. The van der Waals surface area contributed by atoms with E-state index in [0.29, 0.717) is 11.6 Å². The normalized spacial score (nSPS) is 20.0. The van der Waals surface area contributed by atoms with E-state index in [0.717, 1.165) is 18.0 Å². The first-order valence-corrected chi connectivity index (χ1v) is 10.2. The van der Waals surface area contributed by atoms with Crippen LogP contribution in [-0.2, 0) is 5.41 Å². The Bertz CT molecular complexity index is 1030. The number of hydrogen-bond donors (Lipinski definition) is 1. The lowest BCUT2D eigenvalue weighted by molar-refractivity contribution is 0.0692. The molecule has 0 heterocycles. The molecule has 1 fully saturated rings. The summed E-state index contributed by atoms with van der Waals surface area (Å²) in [5.41, 5.74) is 3.88. The molecule has 2 aliphatic carbocycles. The SMILES string of the molecule is CN(C1CC1)C1CCC(C)(C)c2cc(C#Cc3ccc(C(=O)O)c(F)c3)ccc21. The van der Waals surface area contributed by atoms with E-state index in [2.05, 4.69) is 49.8 Å². The molecule has 0 radical (unpaired) electrons. The molecule has 0 aromatic heterocycles. The second-order valence-corrected chi connectivity index (χ2v) is 8.89. The summed E-state index contributed by atoms with van der Waals surface area (Å²) < 4.78 is 13.9. The Balaban J connectivity index is 1.65. The molecule has 1 unspecified atom stereocenters. The van der Waals surface area contributed by atoms with E-state index in [9.17, 15) is 9.18 Å². The number of carboxylic acids is 1. The summed E-state index contributed by atoms with van der Waals surface area (Å²) in [5, 5.41) is 8.95. The second-order valence-electron chi connectivity index (χ2n) is 8.89. The first-order chi connectivity index (χ1) is 13.8. The Hall–Kier alpha value is -2.64. The van der Waals surface area contributed by atoms with Crippen LogP contribution in [0.25, 0.3) is 0 Å². The highest BCUT2D eigenvalue weighted by Gasteiger charge is 2.38. The molecule has 2 aromatic rings. The predicted octanol–water partition coefficient (Wildman–Crippen LogP) is 5.13. The van der Waals surface area contributed by atoms with E-state index >= 15 is 0 Å². The van der Waals surface area contributed by atoms with Crippen molar-refractivity contribution < 1.29 is 14.3 Å². The van der Waals surface area contributed by atoms with Crippen molar-refractivity contribution >= 4 is 5.97 Å². The van der Waals surface area contributed by atoms with Crippen molar-refractivity contribution in [1.82, 2.24) is 4.90 Å². The average molecular weight is 391 g/mol. The number of halogens is 1. The van der Waals surface area contributed by atoms with Crippen molar-refractivity contribution in [2.24, 2.45) is 0 Å². The Labute approximate surface area is 171 Å². The molecule has 0 aliphatic heterocycles. The molecule has 29 heavy (non-hydrogen) atoms. The van der Waals surface area contributed by atoms with Gasteiger partial charge in [-0.2, -0.15) is 0 Å². The maximum absolute atomic E-state index is 13.9. The molecule has 2 aliphatic rings. The number of carbonyl (C=O) groups is 1. The van der Waals surface area contributed by atoms with Gasteiger partial charge in [-0.15, -0.1) is 0 Å². The Morgan fingerprint density at radius 2 is 1.76 bits per heavy atom. The second kappa shape index (κ2) is 7.31. The minimum absolute atomic E-state index is 0.100. The van der Waals surface area contributed by atoms with Gasteiger partial charge in [0.25, 0.3) is 0 Å². The van der Waals surface area contributed by atoms with E-state index in [1.807, 2.05) is 6.07 Å². The molecule has 4 rings (SSSR count). The van der Waals surface area contributed by atoms with Gasteiger partial charge in [0, 0.05) is 23.2 Å². The lowest BCUT2D eigenvalue weighted by Gasteiger charge is -2.41. The van der Waals surface area contributed by atoms with Crippen LogP contribution in [0.4, 0.5) is 4.39 Å². The van der Waals surface area contributed by atoms with Crippen LogP contribution >= 0.6 is 0 Å². The average Bonchev–Trinajstić information content (AvgIpc) is 3.51. The van der Waals surface area contributed by atoms with Gasteiger partial charge >= 0.3 is 5.97 Å². The highest BCUT2D eigenvalue weighted by molar-refractivity contribution is 5.88. The predicted molar refractivity (Wildman–Crippen MR) is 112 cm³/mol. The monoisotopic (exact) mass is 391 g/mol. The molecule has 150 valence electrons. The van der Waals surface area contributed by atoms with Gasteiger partial charge in [0.15, 0.2) is 0 Å². The van der Waals surface area contributed by atoms with Crippen LogP contribution in [0.15, 0.2) is 36.4 Å². The van der Waals surface area contributed by atoms with Gasteiger partial charge in [0.1, 0.15) is 5.82 Å². The maximum atomic E-state index is 13.9. The summed E-state index contributed by atoms with van der Waals surface area (Å²) in [6, 6.07) is 11.6. The number of fused-ring (bicyclic) bond motifs is 1. The third-order valence-corrected chi connectivity index (χ3v) is 6.35. The summed E-state index contributed by atoms with van der Waals surface area (Å²) in [4.78, 5) is 13.5. The van der Waals surface area contributed by atoms with Gasteiger partial charge < -0.3 is 5.11 Å². The van der Waals surface area contributed by atoms with Gasteiger partial charge in [-0.25, -0.2) is 9.18 Å². The molecule has 1 atom stereocenters. The summed E-state index contributed by atoms with van der Waals surface area (Å²) in [6.45, 7) is 4.58. The third kappa shape index (κ3) is 3.93. The number of carboxylic acid groups (broad SMARTS) is 1. The van der Waals surface area contributed by atoms with Crippen molar-refractivity contribution in [3.8, 4) is 11.8 Å². The first-order valence-electron chi connectivity index (χ1n) is 10.2. The molecule has 4 heteroatoms. The Kier molecular flexibility index (Phi) is 4.96. The van der Waals surface area contributed by atoms with Crippen LogP contribution in [-0.4, -0.2) is 29.1 Å². The van der Waals surface area contributed by atoms with Crippen LogP contribution < -0.4 is 0 Å². The number of hydrogen-bond acceptors (Lipinski definition) is 2. The molecule has 0 bridgehead atoms. The van der Waals surface area contributed by atoms with E-state index in [4.69, 9.17) is 5.11 Å². The van der Waals surface area contributed by atoms with Gasteiger partial charge in [-0.3, -0.25) is 4.90 Å². The highest BCUT2D eigenvalue weighted by Crippen LogP contribution is 2.46. The van der Waals surface area contributed by atoms with Gasteiger partial charge in [-0.1, -0.05) is 31.8 Å². The molecule has 0 saturated heterocycles. The zero-order valence-electron chi connectivity index (χ0n) is 17.1. The van der Waals surface area contributed by atoms with E-state index in [-0.39, 0.29) is 11.0 Å². The van der Waals surface area contributed by atoms with Crippen molar-refractivity contribution in [3.05, 3.63) is 70.0 Å². The standard InChI is InChI=1S/C25H26FNO2/c1-25(2)13-12-23(27(3)18-8-9-18)19-10-6-16(14-21(19)25)4-5-17-7-11-20(24(28)29)22(26)15-17/h6-7,10-11,14-15,18,23H,8-9,12-13H2,1-3H3,(H,28,29). The smallest absolute Gasteiger partial charge is 0.338 e. The fraction of sp³-hybridized carbons (Fsp3) is 0.400. The van der Waals surface area contributed by atoms with Gasteiger partial charge in [-0.05, 0) is 79.6 Å². The lowest BCUT2D eigenvalue weighted by Crippen LogP contribution is -2.35. The van der Waals surface area contributed by atoms with E-state index in [1.165, 1.54) is 42.5 Å². The summed E-state index contributed by atoms with van der Waals surface area (Å²) in [7, 11) is 2.24. The highest BCUT2D eigenvalue weighted by atomic mass is 19.1. The maximum Gasteiger partial charge on any atom is 0.338 e. The molecular weight excluding hydrogens is 365 g/mol. The molecule has 1 N–H and O–H groups in total. The minimum Gasteiger partial charge on any atom is -0.478 e. The van der Waals surface area contributed by atoms with Crippen molar-refractivity contribution in [1.29, 1.82) is 0 Å². The molecule has 0 amide bonds. The largest absolute Gasteiger partial charge is 0.478 e. The van der Waals surface area contributed by atoms with Crippen molar-refractivity contribution in [2.45, 2.75) is 57.0 Å². The van der Waals surface area contributed by atoms with Crippen molar-refractivity contribution in [2.75, 3.05) is 7.05 Å². The first kappa shape index (κ1) is 19.7. The number of nitrogens with zero attached hydrogens (tertiary/aromatic N) is 1. The van der Waals surface area contributed by atoms with E-state index < -0.39 is 11.8 Å². The van der Waals surface area contributed by atoms with E-state index in [1.54, 1.807) is 6.07 Å². The van der Waals surface area contributed by atoms with Crippen LogP contribution in [0.5, 0.6) is 0 Å². The van der Waals surface area contributed by atoms with Crippen LogP contribution in [0, 0.1) is 17.7 Å². The molecule has 0 spiro atoms. The van der Waals surface area contributed by atoms with Crippen molar-refractivity contribution in [3.63, 3.8) is 0 Å². The summed E-state index contributed by atoms with van der Waals surface area (Å²) in [5.74, 6) is 4.06. The third-order valence-electron chi connectivity index (χ3n) is 6.35. The molecular formula is C25H26FNO2. The number of benzene rings is 2. The molecule has 2 aromatic carbocycles. The lowest BCUT2D eigenvalue weighted by atomic mass is 9.70. The fourth-order valence-corrected chi connectivity index (χ4v) is 4.37. The number of rotatable bonds is 3. The molecule has 3 nitrogen and oxygen atoms in total. The quantitative estimate of drug-likeness (QED) is 0.738. The zero-order valence-corrected chi connectivity index (χ0v) is 17.1. The van der Waals surface area contributed by atoms with Crippen LogP contribution in [0.3, 0.4) is 0 Å². The fourth-order valence-electron chi connectivity index (χ4n) is 4.37. The Morgan fingerprint density at radius 3 is 2.38 bits per heavy atom. The van der Waals surface area contributed by atoms with Gasteiger partial charge in [0.2, 0.25) is 0 Å². The Morgan fingerprint density at radius 1 is 1.10 bits per heavy atom. The van der Waals surface area contributed by atoms with Gasteiger partial charge in [0.05, 0.1) is 5.56 Å². The molecule has 1 saturated carbocycles. The summed E-state index contributed by atoms with van der Waals surface area (Å²) in [6.07, 6.45) is 4.91. The zero-order chi connectivity index (χ0) is 20.8. The number of aromatic carboxylic acids is 1. The van der Waals surface area contributed by atoms with Crippen LogP contribution in [0.2, 0.25) is 0 Å². The van der Waals surface area contributed by atoms with Crippen LogP contribution in [0.1, 0.15) is 78.2 Å². The minimum atomic E-state index is -1.27.